The Labute approximate surface area is 176 Å². The van der Waals surface area contributed by atoms with E-state index in [-0.39, 0.29) is 6.04 Å². The molecular formula is C22H27N5O3. The van der Waals surface area contributed by atoms with E-state index in [4.69, 9.17) is 14.2 Å². The lowest BCUT2D eigenvalue weighted by Gasteiger charge is -2.35. The second-order valence-electron chi connectivity index (χ2n) is 7.26. The first-order chi connectivity index (χ1) is 14.7. The lowest BCUT2D eigenvalue weighted by atomic mass is 9.95. The number of nitrogens with zero attached hydrogens (tertiary/aromatic N) is 5. The molecule has 0 amide bonds. The third kappa shape index (κ3) is 4.01. The van der Waals surface area contributed by atoms with E-state index in [1.165, 1.54) is 11.1 Å². The number of benzene rings is 2. The number of ether oxygens (including phenoxy) is 3. The van der Waals surface area contributed by atoms with Crippen LogP contribution in [0.15, 0.2) is 42.5 Å². The molecule has 0 fully saturated rings. The summed E-state index contributed by atoms with van der Waals surface area (Å²) < 4.78 is 18.1. The molecule has 3 aromatic rings. The van der Waals surface area contributed by atoms with Crippen molar-refractivity contribution in [3.8, 4) is 11.5 Å². The van der Waals surface area contributed by atoms with Crippen molar-refractivity contribution in [3.05, 3.63) is 65.0 Å². The summed E-state index contributed by atoms with van der Waals surface area (Å²) >= 11 is 0. The molecule has 0 saturated heterocycles. The minimum absolute atomic E-state index is 0.120. The average molecular weight is 409 g/mol. The standard InChI is InChI=1S/C22H27N5O3/c1-28-13-12-27-22(23-24-25-27)21(17-8-9-19(29-2)20(14-17)30-3)26-11-10-16-6-4-5-7-18(16)15-26/h4-9,14,21H,10-13,15H2,1-3H3/t21-/m1/s1. The summed E-state index contributed by atoms with van der Waals surface area (Å²) in [6.45, 7) is 2.87. The number of hydrogen-bond donors (Lipinski definition) is 0. The Hall–Kier alpha value is -2.97. The molecule has 30 heavy (non-hydrogen) atoms. The fraction of sp³-hybridized carbons (Fsp3) is 0.409. The van der Waals surface area contributed by atoms with E-state index < -0.39 is 0 Å². The topological polar surface area (TPSA) is 74.5 Å². The highest BCUT2D eigenvalue weighted by Crippen LogP contribution is 2.36. The van der Waals surface area contributed by atoms with Gasteiger partial charge in [0, 0.05) is 20.2 Å². The van der Waals surface area contributed by atoms with E-state index in [0.29, 0.717) is 24.7 Å². The number of hydrogen-bond acceptors (Lipinski definition) is 7. The highest BCUT2D eigenvalue weighted by molar-refractivity contribution is 5.45. The van der Waals surface area contributed by atoms with Crippen LogP contribution in [0.5, 0.6) is 11.5 Å². The fourth-order valence-corrected chi connectivity index (χ4v) is 4.03. The second kappa shape index (κ2) is 9.23. The summed E-state index contributed by atoms with van der Waals surface area (Å²) in [6.07, 6.45) is 0.986. The zero-order chi connectivity index (χ0) is 20.9. The monoisotopic (exact) mass is 409 g/mol. The van der Waals surface area contributed by atoms with E-state index >= 15 is 0 Å². The van der Waals surface area contributed by atoms with Crippen molar-refractivity contribution in [1.29, 1.82) is 0 Å². The van der Waals surface area contributed by atoms with Gasteiger partial charge in [-0.05, 0) is 45.7 Å². The molecule has 0 N–H and O–H groups in total. The number of tetrazole rings is 1. The summed E-state index contributed by atoms with van der Waals surface area (Å²) in [7, 11) is 4.97. The number of rotatable bonds is 8. The summed E-state index contributed by atoms with van der Waals surface area (Å²) in [5, 5.41) is 12.6. The first-order valence-electron chi connectivity index (χ1n) is 10.0. The van der Waals surface area contributed by atoms with Crippen LogP contribution >= 0.6 is 0 Å². The van der Waals surface area contributed by atoms with Gasteiger partial charge in [-0.1, -0.05) is 30.3 Å². The van der Waals surface area contributed by atoms with Crippen molar-refractivity contribution in [2.45, 2.75) is 25.6 Å². The molecule has 2 aromatic carbocycles. The SMILES string of the molecule is COCCn1nnnc1[C@@H](c1ccc(OC)c(OC)c1)N1CCc2ccccc2C1. The molecule has 8 nitrogen and oxygen atoms in total. The normalized spacial score (nSPS) is 14.9. The van der Waals surface area contributed by atoms with Crippen molar-refractivity contribution in [2.75, 3.05) is 34.5 Å². The van der Waals surface area contributed by atoms with E-state index in [1.54, 1.807) is 21.3 Å². The maximum atomic E-state index is 5.56. The number of aromatic nitrogens is 4. The minimum Gasteiger partial charge on any atom is -0.493 e. The molecule has 0 spiro atoms. The summed E-state index contributed by atoms with van der Waals surface area (Å²) in [5.41, 5.74) is 3.80. The predicted octanol–water partition coefficient (Wildman–Crippen LogP) is 2.48. The molecule has 0 aliphatic carbocycles. The van der Waals surface area contributed by atoms with Crippen molar-refractivity contribution < 1.29 is 14.2 Å². The Morgan fingerprint density at radius 2 is 1.80 bits per heavy atom. The van der Waals surface area contributed by atoms with Crippen LogP contribution in [0.1, 0.15) is 28.6 Å². The van der Waals surface area contributed by atoms with Gasteiger partial charge in [-0.2, -0.15) is 0 Å². The average Bonchev–Trinajstić information content (AvgIpc) is 3.25. The van der Waals surface area contributed by atoms with Crippen LogP contribution in [0.3, 0.4) is 0 Å². The van der Waals surface area contributed by atoms with E-state index in [2.05, 4.69) is 50.8 Å². The third-order valence-corrected chi connectivity index (χ3v) is 5.56. The molecular weight excluding hydrogens is 382 g/mol. The van der Waals surface area contributed by atoms with Crippen LogP contribution in [0.25, 0.3) is 0 Å². The van der Waals surface area contributed by atoms with Gasteiger partial charge in [0.25, 0.3) is 0 Å². The zero-order valence-corrected chi connectivity index (χ0v) is 17.6. The fourth-order valence-electron chi connectivity index (χ4n) is 4.03. The molecule has 0 bridgehead atoms. The summed E-state index contributed by atoms with van der Waals surface area (Å²) in [5.74, 6) is 2.18. The number of fused-ring (bicyclic) bond motifs is 1. The van der Waals surface area contributed by atoms with E-state index in [9.17, 15) is 0 Å². The van der Waals surface area contributed by atoms with Gasteiger partial charge in [-0.3, -0.25) is 4.90 Å². The van der Waals surface area contributed by atoms with E-state index in [0.717, 1.165) is 30.9 Å². The smallest absolute Gasteiger partial charge is 0.173 e. The molecule has 4 rings (SSSR count). The Balaban J connectivity index is 1.76. The molecule has 0 saturated carbocycles. The van der Waals surface area contributed by atoms with Crippen LogP contribution in [0.4, 0.5) is 0 Å². The predicted molar refractivity (Wildman–Crippen MR) is 112 cm³/mol. The Kier molecular flexibility index (Phi) is 6.25. The molecule has 8 heteroatoms. The van der Waals surface area contributed by atoms with Gasteiger partial charge in [0.15, 0.2) is 17.3 Å². The van der Waals surface area contributed by atoms with Crippen LogP contribution < -0.4 is 9.47 Å². The van der Waals surface area contributed by atoms with Crippen LogP contribution in [0, 0.1) is 0 Å². The second-order valence-corrected chi connectivity index (χ2v) is 7.26. The highest BCUT2D eigenvalue weighted by Gasteiger charge is 2.31. The summed E-state index contributed by atoms with van der Waals surface area (Å²) in [6, 6.07) is 14.5. The van der Waals surface area contributed by atoms with Gasteiger partial charge >= 0.3 is 0 Å². The Bertz CT molecular complexity index is 990. The minimum atomic E-state index is -0.120. The van der Waals surface area contributed by atoms with Crippen molar-refractivity contribution in [3.63, 3.8) is 0 Å². The van der Waals surface area contributed by atoms with Gasteiger partial charge in [0.05, 0.1) is 33.4 Å². The molecule has 1 aliphatic rings. The third-order valence-electron chi connectivity index (χ3n) is 5.56. The lowest BCUT2D eigenvalue weighted by Crippen LogP contribution is -2.36. The van der Waals surface area contributed by atoms with Crippen LogP contribution in [0.2, 0.25) is 0 Å². The summed E-state index contributed by atoms with van der Waals surface area (Å²) in [4.78, 5) is 2.42. The Morgan fingerprint density at radius 3 is 2.57 bits per heavy atom. The van der Waals surface area contributed by atoms with Gasteiger partial charge < -0.3 is 14.2 Å². The lowest BCUT2D eigenvalue weighted by molar-refractivity contribution is 0.169. The van der Waals surface area contributed by atoms with Crippen molar-refractivity contribution >= 4 is 0 Å². The maximum Gasteiger partial charge on any atom is 0.173 e. The molecule has 2 heterocycles. The van der Waals surface area contributed by atoms with Crippen molar-refractivity contribution in [2.24, 2.45) is 0 Å². The Morgan fingerprint density at radius 1 is 1.00 bits per heavy atom. The number of methoxy groups -OCH3 is 3. The zero-order valence-electron chi connectivity index (χ0n) is 17.6. The first-order valence-corrected chi connectivity index (χ1v) is 10.0. The molecule has 1 aliphatic heterocycles. The van der Waals surface area contributed by atoms with Crippen LogP contribution in [-0.4, -0.2) is 59.6 Å². The van der Waals surface area contributed by atoms with Crippen LogP contribution in [-0.2, 0) is 24.2 Å². The van der Waals surface area contributed by atoms with Gasteiger partial charge in [-0.25, -0.2) is 4.68 Å². The molecule has 1 aromatic heterocycles. The maximum absolute atomic E-state index is 5.56. The van der Waals surface area contributed by atoms with Gasteiger partial charge in [0.1, 0.15) is 0 Å². The molecule has 158 valence electrons. The quantitative estimate of drug-likeness (QED) is 0.566. The molecule has 1 atom stereocenters. The van der Waals surface area contributed by atoms with E-state index in [1.807, 2.05) is 16.8 Å². The van der Waals surface area contributed by atoms with Crippen molar-refractivity contribution in [1.82, 2.24) is 25.1 Å². The molecule has 0 radical (unpaired) electrons. The highest BCUT2D eigenvalue weighted by atomic mass is 16.5. The molecule has 0 unspecified atom stereocenters. The van der Waals surface area contributed by atoms with Gasteiger partial charge in [0.2, 0.25) is 0 Å². The van der Waals surface area contributed by atoms with Gasteiger partial charge in [-0.15, -0.1) is 5.10 Å². The largest absolute Gasteiger partial charge is 0.493 e. The first kappa shape index (κ1) is 20.3.